The van der Waals surface area contributed by atoms with Crippen molar-refractivity contribution in [3.8, 4) is 0 Å². The van der Waals surface area contributed by atoms with Gasteiger partial charge in [-0.15, -0.1) is 0 Å². The first-order chi connectivity index (χ1) is 5.68. The first kappa shape index (κ1) is 12.1. The molecule has 0 spiro atoms. The molecule has 0 saturated carbocycles. The van der Waals surface area contributed by atoms with Crippen LogP contribution in [0.1, 0.15) is 17.8 Å². The number of carboxylic acids is 1. The van der Waals surface area contributed by atoms with Crippen LogP contribution in [0.3, 0.4) is 0 Å². The Bertz CT molecular complexity index is 274. The van der Waals surface area contributed by atoms with E-state index in [1.807, 2.05) is 6.92 Å². The number of aromatic nitrogens is 2. The van der Waals surface area contributed by atoms with E-state index in [1.54, 1.807) is 12.4 Å². The second-order valence-corrected chi connectivity index (χ2v) is 2.52. The van der Waals surface area contributed by atoms with Crippen molar-refractivity contribution >= 4 is 5.97 Å². The molecule has 0 atom stereocenters. The second-order valence-electron chi connectivity index (χ2n) is 2.52. The Kier molecular flexibility index (Phi) is 5.36. The van der Waals surface area contributed by atoms with Crippen LogP contribution >= 0.6 is 0 Å². The summed E-state index contributed by atoms with van der Waals surface area (Å²) in [5, 5.41) is 10.1. The van der Waals surface area contributed by atoms with Crippen molar-refractivity contribution in [2.45, 2.75) is 19.8 Å². The van der Waals surface area contributed by atoms with Crippen LogP contribution < -0.4 is 24.0 Å². The molecule has 64 valence electrons. The maximum absolute atomic E-state index is 10.1. The molecular formula is C8H9LiN2O2. The van der Waals surface area contributed by atoms with E-state index in [2.05, 4.69) is 9.97 Å². The average molecular weight is 172 g/mol. The minimum atomic E-state index is -1.06. The zero-order valence-corrected chi connectivity index (χ0v) is 7.78. The molecule has 1 rings (SSSR count). The number of aliphatic carboxylic acids is 1. The third-order valence-electron chi connectivity index (χ3n) is 1.42. The number of hydrogen-bond acceptors (Lipinski definition) is 4. The topological polar surface area (TPSA) is 65.9 Å². The van der Waals surface area contributed by atoms with Crippen LogP contribution in [-0.2, 0) is 11.2 Å². The van der Waals surface area contributed by atoms with Gasteiger partial charge >= 0.3 is 18.9 Å². The van der Waals surface area contributed by atoms with E-state index in [9.17, 15) is 9.90 Å². The van der Waals surface area contributed by atoms with Crippen molar-refractivity contribution in [1.82, 2.24) is 9.97 Å². The van der Waals surface area contributed by atoms with Crippen LogP contribution in [0.2, 0.25) is 0 Å². The largest absolute Gasteiger partial charge is 1.00 e. The van der Waals surface area contributed by atoms with Gasteiger partial charge in [-0.05, 0) is 19.8 Å². The predicted molar refractivity (Wildman–Crippen MR) is 40.1 cm³/mol. The van der Waals surface area contributed by atoms with Gasteiger partial charge in [-0.2, -0.15) is 0 Å². The van der Waals surface area contributed by atoms with Gasteiger partial charge in [-0.3, -0.25) is 9.97 Å². The molecule has 4 nitrogen and oxygen atoms in total. The van der Waals surface area contributed by atoms with Crippen LogP contribution in [0.15, 0.2) is 12.4 Å². The van der Waals surface area contributed by atoms with Gasteiger partial charge in [0, 0.05) is 18.4 Å². The molecule has 0 radical (unpaired) electrons. The van der Waals surface area contributed by atoms with Gasteiger partial charge in [0.2, 0.25) is 0 Å². The number of nitrogens with zero attached hydrogens (tertiary/aromatic N) is 2. The summed E-state index contributed by atoms with van der Waals surface area (Å²) in [7, 11) is 0. The molecule has 0 aliphatic rings. The molecule has 1 heterocycles. The number of carbonyl (C=O) groups is 1. The van der Waals surface area contributed by atoms with E-state index in [4.69, 9.17) is 0 Å². The molecule has 0 fully saturated rings. The summed E-state index contributed by atoms with van der Waals surface area (Å²) in [5.74, 6) is -1.06. The van der Waals surface area contributed by atoms with E-state index >= 15 is 0 Å². The fourth-order valence-corrected chi connectivity index (χ4v) is 0.779. The minimum Gasteiger partial charge on any atom is -0.550 e. The summed E-state index contributed by atoms with van der Waals surface area (Å²) in [5.41, 5.74) is 1.51. The van der Waals surface area contributed by atoms with Gasteiger partial charge in [0.25, 0.3) is 0 Å². The van der Waals surface area contributed by atoms with Crippen LogP contribution in [0.25, 0.3) is 0 Å². The molecule has 0 N–H and O–H groups in total. The van der Waals surface area contributed by atoms with E-state index in [1.165, 1.54) is 0 Å². The molecule has 1 aromatic rings. The maximum Gasteiger partial charge on any atom is 1.00 e. The number of carbonyl (C=O) groups excluding carboxylic acids is 1. The van der Waals surface area contributed by atoms with Crippen molar-refractivity contribution in [1.29, 1.82) is 0 Å². The van der Waals surface area contributed by atoms with Crippen molar-refractivity contribution in [2.24, 2.45) is 0 Å². The Morgan fingerprint density at radius 3 is 2.62 bits per heavy atom. The smallest absolute Gasteiger partial charge is 0.550 e. The summed E-state index contributed by atoms with van der Waals surface area (Å²) in [4.78, 5) is 18.1. The predicted octanol–water partition coefficient (Wildman–Crippen LogP) is -3.53. The third kappa shape index (κ3) is 4.66. The van der Waals surface area contributed by atoms with E-state index in [0.717, 1.165) is 5.69 Å². The third-order valence-corrected chi connectivity index (χ3v) is 1.42. The van der Waals surface area contributed by atoms with Crippen LogP contribution in [0.4, 0.5) is 0 Å². The van der Waals surface area contributed by atoms with E-state index in [0.29, 0.717) is 12.1 Å². The van der Waals surface area contributed by atoms with Crippen molar-refractivity contribution in [3.63, 3.8) is 0 Å². The fraction of sp³-hybridized carbons (Fsp3) is 0.375. The summed E-state index contributed by atoms with van der Waals surface area (Å²) in [6.45, 7) is 1.83. The molecular weight excluding hydrogens is 163 g/mol. The Balaban J connectivity index is 0.00000144. The minimum absolute atomic E-state index is 0. The Morgan fingerprint density at radius 2 is 2.15 bits per heavy atom. The maximum atomic E-state index is 10.1. The van der Waals surface area contributed by atoms with Crippen LogP contribution in [0.5, 0.6) is 0 Å². The molecule has 13 heavy (non-hydrogen) atoms. The van der Waals surface area contributed by atoms with Gasteiger partial charge in [-0.25, -0.2) is 0 Å². The zero-order valence-electron chi connectivity index (χ0n) is 7.78. The van der Waals surface area contributed by atoms with Gasteiger partial charge in [0.05, 0.1) is 11.4 Å². The molecule has 0 bridgehead atoms. The normalized spacial score (nSPS) is 9.00. The second kappa shape index (κ2) is 5.73. The fourth-order valence-electron chi connectivity index (χ4n) is 0.779. The summed E-state index contributed by atoms with van der Waals surface area (Å²) in [6.07, 6.45) is 3.58. The number of carboxylic acid groups (broad SMARTS) is 1. The zero-order chi connectivity index (χ0) is 8.97. The first-order valence-corrected chi connectivity index (χ1v) is 3.66. The Hall–Kier alpha value is -0.853. The van der Waals surface area contributed by atoms with Gasteiger partial charge in [0.1, 0.15) is 0 Å². The first-order valence-electron chi connectivity index (χ1n) is 3.66. The molecule has 0 saturated heterocycles. The molecule has 1 aromatic heterocycles. The van der Waals surface area contributed by atoms with Crippen LogP contribution in [0, 0.1) is 6.92 Å². The standard InChI is InChI=1S/C8H10N2O2.Li/c1-6-4-10-7(5-9-6)2-3-8(11)12;/h4-5H,2-3H2,1H3,(H,11,12);/q;+1/p-1. The molecule has 5 heteroatoms. The molecule has 0 unspecified atom stereocenters. The molecule has 0 aliphatic carbocycles. The molecule has 0 aromatic carbocycles. The number of rotatable bonds is 3. The van der Waals surface area contributed by atoms with Crippen molar-refractivity contribution in [2.75, 3.05) is 0 Å². The monoisotopic (exact) mass is 172 g/mol. The van der Waals surface area contributed by atoms with Crippen LogP contribution in [-0.4, -0.2) is 15.9 Å². The van der Waals surface area contributed by atoms with Crippen molar-refractivity contribution in [3.05, 3.63) is 23.8 Å². The van der Waals surface area contributed by atoms with Gasteiger partial charge in [0.15, 0.2) is 0 Å². The summed E-state index contributed by atoms with van der Waals surface area (Å²) < 4.78 is 0. The number of aryl methyl sites for hydroxylation is 2. The average Bonchev–Trinajstić information content (AvgIpc) is 2.03. The SMILES string of the molecule is Cc1cnc(CCC(=O)[O-])cn1.[Li+]. The van der Waals surface area contributed by atoms with Crippen molar-refractivity contribution < 1.29 is 28.8 Å². The quantitative estimate of drug-likeness (QED) is 0.443. The molecule has 0 aliphatic heterocycles. The Labute approximate surface area is 88.6 Å². The number of hydrogen-bond donors (Lipinski definition) is 0. The van der Waals surface area contributed by atoms with Gasteiger partial charge in [-0.1, -0.05) is 0 Å². The molecule has 0 amide bonds. The Morgan fingerprint density at radius 1 is 1.46 bits per heavy atom. The van der Waals surface area contributed by atoms with E-state index < -0.39 is 5.97 Å². The van der Waals surface area contributed by atoms with Gasteiger partial charge < -0.3 is 9.90 Å². The summed E-state index contributed by atoms with van der Waals surface area (Å²) >= 11 is 0. The summed E-state index contributed by atoms with van der Waals surface area (Å²) in [6, 6.07) is 0. The van der Waals surface area contributed by atoms with E-state index in [-0.39, 0.29) is 25.3 Å².